The van der Waals surface area contributed by atoms with Crippen LogP contribution in [0.4, 0.5) is 11.4 Å². The van der Waals surface area contributed by atoms with Crippen LogP contribution in [0.5, 0.6) is 0 Å². The monoisotopic (exact) mass is 368 g/mol. The zero-order valence-electron chi connectivity index (χ0n) is 11.2. The number of nitrogens with zero attached hydrogens (tertiary/aromatic N) is 1. The van der Waals surface area contributed by atoms with Crippen LogP contribution >= 0.6 is 15.9 Å². The fourth-order valence-corrected chi connectivity index (χ4v) is 2.69. The third-order valence-corrected chi connectivity index (χ3v) is 4.32. The number of nitro groups is 1. The Kier molecular flexibility index (Phi) is 5.08. The van der Waals surface area contributed by atoms with Gasteiger partial charge in [-0.2, -0.15) is 0 Å². The maximum atomic E-state index is 11.3. The molecule has 0 amide bonds. The van der Waals surface area contributed by atoms with E-state index >= 15 is 0 Å². The molecule has 5 nitrogen and oxygen atoms in total. The van der Waals surface area contributed by atoms with Gasteiger partial charge in [-0.25, -0.2) is 0 Å². The van der Waals surface area contributed by atoms with Crippen LogP contribution in [0.3, 0.4) is 0 Å². The quantitative estimate of drug-likeness (QED) is 0.644. The molecule has 0 fully saturated rings. The molecule has 0 aliphatic carbocycles. The van der Waals surface area contributed by atoms with E-state index < -0.39 is 15.7 Å². The second-order valence-electron chi connectivity index (χ2n) is 4.37. The molecule has 2 aromatic rings. The number of rotatable bonds is 5. The van der Waals surface area contributed by atoms with Gasteiger partial charge in [0, 0.05) is 39.0 Å². The zero-order valence-corrected chi connectivity index (χ0v) is 13.6. The van der Waals surface area contributed by atoms with E-state index in [1.165, 1.54) is 6.07 Å². The lowest BCUT2D eigenvalue weighted by Crippen LogP contribution is -2.03. The number of halogens is 1. The molecule has 0 aromatic heterocycles. The fraction of sp³-hybridized carbons (Fsp3) is 0.143. The molecule has 0 heterocycles. The van der Waals surface area contributed by atoms with Crippen LogP contribution in [0.25, 0.3) is 0 Å². The van der Waals surface area contributed by atoms with E-state index in [1.807, 2.05) is 12.1 Å². The van der Waals surface area contributed by atoms with Crippen molar-refractivity contribution in [1.82, 2.24) is 0 Å². The number of benzene rings is 2. The summed E-state index contributed by atoms with van der Waals surface area (Å²) in [6.45, 7) is 0.452. The molecule has 0 bridgehead atoms. The van der Waals surface area contributed by atoms with E-state index in [0.29, 0.717) is 12.2 Å². The van der Waals surface area contributed by atoms with E-state index in [0.717, 1.165) is 14.9 Å². The average molecular weight is 369 g/mol. The predicted molar refractivity (Wildman–Crippen MR) is 86.9 cm³/mol. The van der Waals surface area contributed by atoms with E-state index in [9.17, 15) is 14.3 Å². The van der Waals surface area contributed by atoms with Gasteiger partial charge in [0.15, 0.2) is 0 Å². The summed E-state index contributed by atoms with van der Waals surface area (Å²) in [6, 6.07) is 12.1. The highest BCUT2D eigenvalue weighted by molar-refractivity contribution is 9.10. The highest BCUT2D eigenvalue weighted by Gasteiger charge is 2.13. The standard InChI is InChI=1S/C14H13BrN2O3S/c1-21(20)12-5-2-10(3-6-12)9-16-13-8-11(15)4-7-14(13)17(18)19/h2-8,16H,9H2,1H3. The number of hydrogen-bond acceptors (Lipinski definition) is 4. The van der Waals surface area contributed by atoms with Crippen molar-refractivity contribution in [3.05, 3.63) is 62.6 Å². The second kappa shape index (κ2) is 6.82. The molecule has 2 rings (SSSR count). The summed E-state index contributed by atoms with van der Waals surface area (Å²) in [5.74, 6) is 0. The SMILES string of the molecule is CS(=O)c1ccc(CNc2cc(Br)ccc2[N+](=O)[O-])cc1. The maximum absolute atomic E-state index is 11.3. The molecule has 1 atom stereocenters. The summed E-state index contributed by atoms with van der Waals surface area (Å²) in [4.78, 5) is 11.3. The Morgan fingerprint density at radius 2 is 1.90 bits per heavy atom. The van der Waals surface area contributed by atoms with Crippen molar-refractivity contribution in [1.29, 1.82) is 0 Å². The van der Waals surface area contributed by atoms with Crippen LogP contribution in [0, 0.1) is 10.1 Å². The molecule has 0 spiro atoms. The van der Waals surface area contributed by atoms with Gasteiger partial charge >= 0.3 is 0 Å². The van der Waals surface area contributed by atoms with Gasteiger partial charge in [-0.15, -0.1) is 0 Å². The molecule has 0 saturated carbocycles. The number of hydrogen-bond donors (Lipinski definition) is 1. The summed E-state index contributed by atoms with van der Waals surface area (Å²) >= 11 is 3.30. The Morgan fingerprint density at radius 1 is 1.24 bits per heavy atom. The van der Waals surface area contributed by atoms with E-state index in [2.05, 4.69) is 21.2 Å². The van der Waals surface area contributed by atoms with Gasteiger partial charge < -0.3 is 5.32 Å². The first-order valence-corrected chi connectivity index (χ1v) is 8.42. The fourth-order valence-electron chi connectivity index (χ4n) is 1.81. The van der Waals surface area contributed by atoms with Crippen molar-refractivity contribution in [2.75, 3.05) is 11.6 Å². The Bertz CT molecular complexity index is 689. The molecule has 21 heavy (non-hydrogen) atoms. The van der Waals surface area contributed by atoms with Gasteiger partial charge in [-0.1, -0.05) is 28.1 Å². The zero-order chi connectivity index (χ0) is 15.4. The molecular weight excluding hydrogens is 356 g/mol. The van der Waals surface area contributed by atoms with Crippen LogP contribution in [-0.4, -0.2) is 15.4 Å². The number of nitrogens with one attached hydrogen (secondary N) is 1. The third kappa shape index (κ3) is 4.12. The van der Waals surface area contributed by atoms with Gasteiger partial charge in [0.2, 0.25) is 0 Å². The molecule has 0 aliphatic heterocycles. The maximum Gasteiger partial charge on any atom is 0.292 e. The first-order valence-electron chi connectivity index (χ1n) is 6.07. The largest absolute Gasteiger partial charge is 0.375 e. The Balaban J connectivity index is 2.14. The van der Waals surface area contributed by atoms with Gasteiger partial charge in [-0.3, -0.25) is 14.3 Å². The average Bonchev–Trinajstić information content (AvgIpc) is 2.45. The minimum Gasteiger partial charge on any atom is -0.375 e. The highest BCUT2D eigenvalue weighted by Crippen LogP contribution is 2.28. The number of nitro benzene ring substituents is 1. The van der Waals surface area contributed by atoms with Crippen LogP contribution in [-0.2, 0) is 17.3 Å². The van der Waals surface area contributed by atoms with Crippen molar-refractivity contribution in [3.63, 3.8) is 0 Å². The number of anilines is 1. The van der Waals surface area contributed by atoms with Crippen LogP contribution in [0.1, 0.15) is 5.56 Å². The summed E-state index contributed by atoms with van der Waals surface area (Å²) < 4.78 is 12.1. The van der Waals surface area contributed by atoms with Crippen molar-refractivity contribution in [2.24, 2.45) is 0 Å². The van der Waals surface area contributed by atoms with E-state index in [-0.39, 0.29) is 5.69 Å². The van der Waals surface area contributed by atoms with Gasteiger partial charge in [0.1, 0.15) is 5.69 Å². The van der Waals surface area contributed by atoms with Crippen LogP contribution < -0.4 is 5.32 Å². The lowest BCUT2D eigenvalue weighted by atomic mass is 10.2. The van der Waals surface area contributed by atoms with Crippen molar-refractivity contribution in [2.45, 2.75) is 11.4 Å². The van der Waals surface area contributed by atoms with Crippen molar-refractivity contribution in [3.8, 4) is 0 Å². The normalized spacial score (nSPS) is 11.9. The smallest absolute Gasteiger partial charge is 0.292 e. The van der Waals surface area contributed by atoms with Gasteiger partial charge in [-0.05, 0) is 29.8 Å². The highest BCUT2D eigenvalue weighted by atomic mass is 79.9. The van der Waals surface area contributed by atoms with E-state index in [1.54, 1.807) is 30.5 Å². The first-order chi connectivity index (χ1) is 9.97. The topological polar surface area (TPSA) is 72.2 Å². The van der Waals surface area contributed by atoms with Crippen LogP contribution in [0.15, 0.2) is 51.8 Å². The van der Waals surface area contributed by atoms with Gasteiger partial charge in [0.05, 0.1) is 4.92 Å². The summed E-state index contributed by atoms with van der Waals surface area (Å²) in [5.41, 5.74) is 1.44. The lowest BCUT2D eigenvalue weighted by molar-refractivity contribution is -0.384. The molecule has 2 aromatic carbocycles. The van der Waals surface area contributed by atoms with Gasteiger partial charge in [0.25, 0.3) is 5.69 Å². The van der Waals surface area contributed by atoms with Crippen LogP contribution in [0.2, 0.25) is 0 Å². The minimum atomic E-state index is -1.01. The minimum absolute atomic E-state index is 0.0319. The molecular formula is C14H13BrN2O3S. The third-order valence-electron chi connectivity index (χ3n) is 2.89. The summed E-state index contributed by atoms with van der Waals surface area (Å²) in [6.07, 6.45) is 1.62. The lowest BCUT2D eigenvalue weighted by Gasteiger charge is -2.08. The van der Waals surface area contributed by atoms with E-state index in [4.69, 9.17) is 0 Å². The molecule has 0 saturated heterocycles. The first kappa shape index (κ1) is 15.7. The summed E-state index contributed by atoms with van der Waals surface area (Å²) in [5, 5.41) is 14.0. The summed E-state index contributed by atoms with van der Waals surface area (Å²) in [7, 11) is -1.01. The molecule has 110 valence electrons. The Hall–Kier alpha value is -1.73. The molecule has 1 unspecified atom stereocenters. The van der Waals surface area contributed by atoms with Crippen molar-refractivity contribution < 1.29 is 9.13 Å². The second-order valence-corrected chi connectivity index (χ2v) is 6.67. The Morgan fingerprint density at radius 3 is 2.48 bits per heavy atom. The van der Waals surface area contributed by atoms with Crippen molar-refractivity contribution >= 4 is 38.1 Å². The Labute approximate surface area is 133 Å². The molecule has 1 N–H and O–H groups in total. The molecule has 0 aliphatic rings. The molecule has 7 heteroatoms. The predicted octanol–water partition coefficient (Wildman–Crippen LogP) is 3.71. The molecule has 0 radical (unpaired) electrons.